The summed E-state index contributed by atoms with van der Waals surface area (Å²) >= 11 is 0. The van der Waals surface area contributed by atoms with Crippen molar-refractivity contribution in [1.82, 2.24) is 5.32 Å². The van der Waals surface area contributed by atoms with Gasteiger partial charge in [0.15, 0.2) is 11.5 Å². The van der Waals surface area contributed by atoms with E-state index < -0.39 is 0 Å². The number of rotatable bonds is 8. The Hall–Kier alpha value is -1.22. The van der Waals surface area contributed by atoms with Gasteiger partial charge in [-0.25, -0.2) is 0 Å². The highest BCUT2D eigenvalue weighted by Gasteiger charge is 2.20. The summed E-state index contributed by atoms with van der Waals surface area (Å²) in [7, 11) is 5.38. The lowest BCUT2D eigenvalue weighted by Crippen LogP contribution is -2.20. The minimum atomic E-state index is 0.301. The van der Waals surface area contributed by atoms with Gasteiger partial charge in [0.2, 0.25) is 0 Å². The van der Waals surface area contributed by atoms with Crippen LogP contribution in [0, 0.1) is 5.92 Å². The molecule has 0 fully saturated rings. The summed E-state index contributed by atoms with van der Waals surface area (Å²) < 4.78 is 10.9. The van der Waals surface area contributed by atoms with Crippen molar-refractivity contribution >= 4 is 0 Å². The summed E-state index contributed by atoms with van der Waals surface area (Å²) in [5.41, 5.74) is 1.18. The number of benzene rings is 1. The second-order valence-electron chi connectivity index (χ2n) is 4.84. The number of hydrogen-bond acceptors (Lipinski definition) is 3. The van der Waals surface area contributed by atoms with Gasteiger partial charge in [-0.3, -0.25) is 0 Å². The maximum absolute atomic E-state index is 5.53. The molecule has 0 radical (unpaired) electrons. The molecule has 0 aliphatic carbocycles. The van der Waals surface area contributed by atoms with Gasteiger partial charge in [-0.15, -0.1) is 0 Å². The zero-order valence-corrected chi connectivity index (χ0v) is 12.8. The molecule has 0 amide bonds. The first-order chi connectivity index (χ1) is 9.21. The average molecular weight is 265 g/mol. The Morgan fingerprint density at radius 3 is 2.26 bits per heavy atom. The summed E-state index contributed by atoms with van der Waals surface area (Å²) in [6.45, 7) is 4.51. The van der Waals surface area contributed by atoms with Gasteiger partial charge in [-0.2, -0.15) is 0 Å². The Labute approximate surface area is 117 Å². The maximum atomic E-state index is 5.53. The number of methoxy groups -OCH3 is 2. The Morgan fingerprint density at radius 2 is 1.79 bits per heavy atom. The molecule has 1 unspecified atom stereocenters. The van der Waals surface area contributed by atoms with Crippen LogP contribution in [0.1, 0.15) is 44.7 Å². The van der Waals surface area contributed by atoms with Crippen molar-refractivity contribution in [3.8, 4) is 11.5 Å². The van der Waals surface area contributed by atoms with Crippen LogP contribution in [0.3, 0.4) is 0 Å². The average Bonchev–Trinajstić information content (AvgIpc) is 2.47. The maximum Gasteiger partial charge on any atom is 0.165 e. The molecule has 19 heavy (non-hydrogen) atoms. The topological polar surface area (TPSA) is 30.5 Å². The van der Waals surface area contributed by atoms with Gasteiger partial charge in [0.05, 0.1) is 14.2 Å². The van der Waals surface area contributed by atoms with Crippen LogP contribution in [0.4, 0.5) is 0 Å². The summed E-state index contributed by atoms with van der Waals surface area (Å²) in [5.74, 6) is 2.37. The lowest BCUT2D eigenvalue weighted by Gasteiger charge is -2.24. The van der Waals surface area contributed by atoms with Gasteiger partial charge < -0.3 is 14.8 Å². The summed E-state index contributed by atoms with van der Waals surface area (Å²) in [6, 6.07) is 6.38. The zero-order valence-electron chi connectivity index (χ0n) is 12.8. The lowest BCUT2D eigenvalue weighted by molar-refractivity contribution is 0.336. The molecule has 1 aromatic rings. The van der Waals surface area contributed by atoms with Crippen molar-refractivity contribution in [2.24, 2.45) is 5.92 Å². The highest BCUT2D eigenvalue weighted by Crippen LogP contribution is 2.37. The summed E-state index contributed by atoms with van der Waals surface area (Å²) in [4.78, 5) is 0. The van der Waals surface area contributed by atoms with E-state index in [2.05, 4.69) is 25.2 Å². The molecular weight excluding hydrogens is 238 g/mol. The summed E-state index contributed by atoms with van der Waals surface area (Å²) in [5, 5.41) is 3.41. The smallest absolute Gasteiger partial charge is 0.165 e. The molecule has 1 N–H and O–H groups in total. The zero-order chi connectivity index (χ0) is 14.3. The van der Waals surface area contributed by atoms with Crippen molar-refractivity contribution in [2.75, 3.05) is 21.3 Å². The molecular formula is C16H27NO2. The lowest BCUT2D eigenvalue weighted by atomic mass is 9.90. The van der Waals surface area contributed by atoms with Gasteiger partial charge in [0, 0.05) is 11.6 Å². The van der Waals surface area contributed by atoms with Crippen LogP contribution >= 0.6 is 0 Å². The van der Waals surface area contributed by atoms with E-state index in [1.807, 2.05) is 19.2 Å². The standard InChI is InChI=1S/C16H27NO2/c1-6-12(7-2)11-14(17-3)13-9-8-10-15(18-4)16(13)19-5/h8-10,12,14,17H,6-7,11H2,1-5H3. The van der Waals surface area contributed by atoms with E-state index in [9.17, 15) is 0 Å². The molecule has 1 aromatic carbocycles. The first-order valence-electron chi connectivity index (χ1n) is 7.09. The largest absolute Gasteiger partial charge is 0.493 e. The van der Waals surface area contributed by atoms with Crippen molar-refractivity contribution in [2.45, 2.75) is 39.2 Å². The Balaban J connectivity index is 3.03. The molecule has 3 heteroatoms. The minimum absolute atomic E-state index is 0.301. The van der Waals surface area contributed by atoms with Gasteiger partial charge in [0.1, 0.15) is 0 Å². The van der Waals surface area contributed by atoms with Gasteiger partial charge in [-0.05, 0) is 25.5 Å². The predicted molar refractivity (Wildman–Crippen MR) is 80.0 cm³/mol. The molecule has 1 rings (SSSR count). The first kappa shape index (κ1) is 15.8. The fraction of sp³-hybridized carbons (Fsp3) is 0.625. The number of para-hydroxylation sites is 1. The van der Waals surface area contributed by atoms with E-state index in [1.165, 1.54) is 18.4 Å². The molecule has 0 saturated heterocycles. The van der Waals surface area contributed by atoms with Gasteiger partial charge in [0.25, 0.3) is 0 Å². The first-order valence-corrected chi connectivity index (χ1v) is 7.09. The number of ether oxygens (including phenoxy) is 2. The molecule has 1 atom stereocenters. The van der Waals surface area contributed by atoms with E-state index >= 15 is 0 Å². The fourth-order valence-corrected chi connectivity index (χ4v) is 2.54. The quantitative estimate of drug-likeness (QED) is 0.775. The third kappa shape index (κ3) is 3.87. The SMILES string of the molecule is CCC(CC)CC(NC)c1cccc(OC)c1OC. The minimum Gasteiger partial charge on any atom is -0.493 e. The number of hydrogen-bond donors (Lipinski definition) is 1. The molecule has 0 saturated carbocycles. The van der Waals surface area contributed by atoms with Crippen LogP contribution in [0.25, 0.3) is 0 Å². The molecule has 0 bridgehead atoms. The van der Waals surface area contributed by atoms with Crippen LogP contribution < -0.4 is 14.8 Å². The molecule has 0 spiro atoms. The third-order valence-corrected chi connectivity index (χ3v) is 3.88. The molecule has 0 aliphatic heterocycles. The molecule has 3 nitrogen and oxygen atoms in total. The third-order valence-electron chi connectivity index (χ3n) is 3.88. The Kier molecular flexibility index (Phi) is 6.71. The van der Waals surface area contributed by atoms with E-state index in [1.54, 1.807) is 14.2 Å². The second kappa shape index (κ2) is 8.05. The molecule has 0 aliphatic rings. The predicted octanol–water partition coefficient (Wildman–Crippen LogP) is 3.79. The van der Waals surface area contributed by atoms with Crippen LogP contribution in [0.2, 0.25) is 0 Å². The van der Waals surface area contributed by atoms with Crippen molar-refractivity contribution < 1.29 is 9.47 Å². The van der Waals surface area contributed by atoms with Crippen LogP contribution in [0.5, 0.6) is 11.5 Å². The van der Waals surface area contributed by atoms with E-state index in [0.29, 0.717) is 6.04 Å². The monoisotopic (exact) mass is 265 g/mol. The number of nitrogens with one attached hydrogen (secondary N) is 1. The van der Waals surface area contributed by atoms with E-state index in [-0.39, 0.29) is 0 Å². The van der Waals surface area contributed by atoms with E-state index in [4.69, 9.17) is 9.47 Å². The highest BCUT2D eigenvalue weighted by molar-refractivity contribution is 5.48. The van der Waals surface area contributed by atoms with Gasteiger partial charge >= 0.3 is 0 Å². The van der Waals surface area contributed by atoms with Crippen LogP contribution in [-0.4, -0.2) is 21.3 Å². The van der Waals surface area contributed by atoms with Crippen LogP contribution in [0.15, 0.2) is 18.2 Å². The highest BCUT2D eigenvalue weighted by atomic mass is 16.5. The van der Waals surface area contributed by atoms with Crippen molar-refractivity contribution in [1.29, 1.82) is 0 Å². The molecule has 108 valence electrons. The second-order valence-corrected chi connectivity index (χ2v) is 4.84. The molecule has 0 heterocycles. The normalized spacial score (nSPS) is 12.5. The molecule has 0 aromatic heterocycles. The Bertz CT molecular complexity index is 375. The van der Waals surface area contributed by atoms with Crippen molar-refractivity contribution in [3.63, 3.8) is 0 Å². The Morgan fingerprint density at radius 1 is 1.11 bits per heavy atom. The van der Waals surface area contributed by atoms with Gasteiger partial charge in [-0.1, -0.05) is 38.8 Å². The summed E-state index contributed by atoms with van der Waals surface area (Å²) in [6.07, 6.45) is 3.54. The van der Waals surface area contributed by atoms with E-state index in [0.717, 1.165) is 23.8 Å². The fourth-order valence-electron chi connectivity index (χ4n) is 2.54. The van der Waals surface area contributed by atoms with Crippen molar-refractivity contribution in [3.05, 3.63) is 23.8 Å². The van der Waals surface area contributed by atoms with Crippen LogP contribution in [-0.2, 0) is 0 Å².